The van der Waals surface area contributed by atoms with Gasteiger partial charge >= 0.3 is 0 Å². The predicted molar refractivity (Wildman–Crippen MR) is 112 cm³/mol. The van der Waals surface area contributed by atoms with Crippen molar-refractivity contribution in [2.75, 3.05) is 19.7 Å². The van der Waals surface area contributed by atoms with Gasteiger partial charge in [-0.3, -0.25) is 0 Å². The monoisotopic (exact) mass is 383 g/mol. The number of benzene rings is 2. The zero-order valence-electron chi connectivity index (χ0n) is 16.7. The van der Waals surface area contributed by atoms with Crippen molar-refractivity contribution in [1.82, 2.24) is 10.6 Å². The summed E-state index contributed by atoms with van der Waals surface area (Å²) in [6.45, 7) is 6.95. The second-order valence-electron chi connectivity index (χ2n) is 7.31. The minimum absolute atomic E-state index is 0.105. The van der Waals surface area contributed by atoms with Crippen LogP contribution in [0.4, 0.5) is 4.39 Å². The van der Waals surface area contributed by atoms with E-state index in [2.05, 4.69) is 46.8 Å². The van der Waals surface area contributed by atoms with Crippen molar-refractivity contribution in [3.05, 3.63) is 71.0 Å². The zero-order valence-corrected chi connectivity index (χ0v) is 16.7. The first-order chi connectivity index (χ1) is 13.7. The number of ether oxygens (including phenoxy) is 1. The summed E-state index contributed by atoms with van der Waals surface area (Å²) in [7, 11) is 0. The van der Waals surface area contributed by atoms with Gasteiger partial charge in [0, 0.05) is 25.6 Å². The molecule has 0 saturated carbocycles. The lowest BCUT2D eigenvalue weighted by Gasteiger charge is -2.32. The van der Waals surface area contributed by atoms with Gasteiger partial charge in [-0.15, -0.1) is 0 Å². The molecule has 1 aliphatic heterocycles. The lowest BCUT2D eigenvalue weighted by molar-refractivity contribution is -0.0265. The Hall–Kier alpha value is -2.40. The SMILES string of the molecule is CCNC(=NCc1cccc(F)c1)NCC1CCCOC1c1ccc(C)cc1. The number of rotatable bonds is 6. The summed E-state index contributed by atoms with van der Waals surface area (Å²) in [5.74, 6) is 0.903. The van der Waals surface area contributed by atoms with Crippen LogP contribution in [0.25, 0.3) is 0 Å². The van der Waals surface area contributed by atoms with Crippen LogP contribution in [0.3, 0.4) is 0 Å². The molecule has 0 radical (unpaired) electrons. The average molecular weight is 384 g/mol. The Balaban J connectivity index is 1.63. The van der Waals surface area contributed by atoms with Gasteiger partial charge in [0.1, 0.15) is 5.82 Å². The van der Waals surface area contributed by atoms with E-state index in [0.29, 0.717) is 12.5 Å². The summed E-state index contributed by atoms with van der Waals surface area (Å²) in [5, 5.41) is 6.72. The topological polar surface area (TPSA) is 45.7 Å². The highest BCUT2D eigenvalue weighted by Gasteiger charge is 2.27. The fourth-order valence-corrected chi connectivity index (χ4v) is 3.55. The van der Waals surface area contributed by atoms with Crippen LogP contribution in [-0.2, 0) is 11.3 Å². The average Bonchev–Trinajstić information content (AvgIpc) is 2.71. The van der Waals surface area contributed by atoms with Crippen molar-refractivity contribution in [1.29, 1.82) is 0 Å². The van der Waals surface area contributed by atoms with Crippen LogP contribution in [0.1, 0.15) is 42.6 Å². The maximum absolute atomic E-state index is 13.4. The molecule has 2 unspecified atom stereocenters. The molecule has 0 spiro atoms. The Kier molecular flexibility index (Phi) is 7.43. The zero-order chi connectivity index (χ0) is 19.8. The molecule has 4 nitrogen and oxygen atoms in total. The first kappa shape index (κ1) is 20.3. The Labute approximate surface area is 167 Å². The maximum Gasteiger partial charge on any atom is 0.191 e. The number of aliphatic imine (C=N–C) groups is 1. The van der Waals surface area contributed by atoms with E-state index in [0.717, 1.165) is 44.1 Å². The van der Waals surface area contributed by atoms with E-state index in [1.54, 1.807) is 6.07 Å². The van der Waals surface area contributed by atoms with Gasteiger partial charge in [-0.05, 0) is 49.9 Å². The van der Waals surface area contributed by atoms with Gasteiger partial charge < -0.3 is 15.4 Å². The van der Waals surface area contributed by atoms with Crippen molar-refractivity contribution in [3.63, 3.8) is 0 Å². The third-order valence-electron chi connectivity index (χ3n) is 5.04. The van der Waals surface area contributed by atoms with E-state index in [-0.39, 0.29) is 11.9 Å². The first-order valence-corrected chi connectivity index (χ1v) is 10.1. The van der Waals surface area contributed by atoms with Gasteiger partial charge in [0.05, 0.1) is 12.6 Å². The lowest BCUT2D eigenvalue weighted by Crippen LogP contribution is -2.42. The molecule has 1 aliphatic rings. The van der Waals surface area contributed by atoms with E-state index in [4.69, 9.17) is 4.74 Å². The number of guanidine groups is 1. The predicted octanol–water partition coefficient (Wildman–Crippen LogP) is 4.36. The molecular weight excluding hydrogens is 353 g/mol. The highest BCUT2D eigenvalue weighted by molar-refractivity contribution is 5.79. The molecule has 2 aromatic carbocycles. The summed E-state index contributed by atoms with van der Waals surface area (Å²) in [6, 6.07) is 15.2. The van der Waals surface area contributed by atoms with Crippen LogP contribution >= 0.6 is 0 Å². The van der Waals surface area contributed by atoms with Crippen LogP contribution in [0, 0.1) is 18.7 Å². The van der Waals surface area contributed by atoms with Crippen LogP contribution < -0.4 is 10.6 Å². The number of nitrogens with one attached hydrogen (secondary N) is 2. The molecule has 1 heterocycles. The van der Waals surface area contributed by atoms with Crippen molar-refractivity contribution in [2.24, 2.45) is 10.9 Å². The van der Waals surface area contributed by atoms with E-state index in [1.807, 2.05) is 13.0 Å². The molecule has 150 valence electrons. The second kappa shape index (κ2) is 10.2. The van der Waals surface area contributed by atoms with Crippen molar-refractivity contribution in [2.45, 2.75) is 39.3 Å². The third kappa shape index (κ3) is 5.80. The molecule has 0 amide bonds. The Bertz CT molecular complexity index is 776. The van der Waals surface area contributed by atoms with Crippen molar-refractivity contribution in [3.8, 4) is 0 Å². The molecule has 5 heteroatoms. The molecule has 0 bridgehead atoms. The van der Waals surface area contributed by atoms with Gasteiger partial charge in [-0.1, -0.05) is 42.0 Å². The van der Waals surface area contributed by atoms with Crippen molar-refractivity contribution < 1.29 is 9.13 Å². The molecule has 1 saturated heterocycles. The molecule has 2 atom stereocenters. The quantitative estimate of drug-likeness (QED) is 0.576. The lowest BCUT2D eigenvalue weighted by atomic mass is 9.89. The summed E-state index contributed by atoms with van der Waals surface area (Å²) in [4.78, 5) is 4.61. The van der Waals surface area contributed by atoms with Gasteiger partial charge in [0.15, 0.2) is 5.96 Å². The number of aryl methyl sites for hydroxylation is 1. The van der Waals surface area contributed by atoms with Gasteiger partial charge in [-0.2, -0.15) is 0 Å². The largest absolute Gasteiger partial charge is 0.373 e. The molecule has 28 heavy (non-hydrogen) atoms. The molecule has 2 N–H and O–H groups in total. The molecule has 1 fully saturated rings. The minimum atomic E-state index is -0.231. The summed E-state index contributed by atoms with van der Waals surface area (Å²) < 4.78 is 19.5. The molecule has 0 aliphatic carbocycles. The summed E-state index contributed by atoms with van der Waals surface area (Å²) in [5.41, 5.74) is 3.35. The van der Waals surface area contributed by atoms with Crippen LogP contribution in [0.5, 0.6) is 0 Å². The molecule has 3 rings (SSSR count). The van der Waals surface area contributed by atoms with E-state index in [1.165, 1.54) is 23.3 Å². The highest BCUT2D eigenvalue weighted by atomic mass is 19.1. The maximum atomic E-state index is 13.4. The van der Waals surface area contributed by atoms with Crippen LogP contribution in [0.15, 0.2) is 53.5 Å². The summed E-state index contributed by atoms with van der Waals surface area (Å²) in [6.07, 6.45) is 2.30. The fraction of sp³-hybridized carbons (Fsp3) is 0.435. The standard InChI is InChI=1S/C23H30FN3O/c1-3-25-23(26-15-18-6-4-8-21(24)14-18)27-16-20-7-5-13-28-22(20)19-11-9-17(2)10-12-19/h4,6,8-12,14,20,22H,3,5,7,13,15-16H2,1-2H3,(H2,25,26,27). The molecule has 0 aromatic heterocycles. The van der Waals surface area contributed by atoms with Gasteiger partial charge in [0.2, 0.25) is 0 Å². The summed E-state index contributed by atoms with van der Waals surface area (Å²) >= 11 is 0. The van der Waals surface area contributed by atoms with E-state index < -0.39 is 0 Å². The normalized spacial score (nSPS) is 20.0. The third-order valence-corrected chi connectivity index (χ3v) is 5.04. The number of nitrogens with zero attached hydrogens (tertiary/aromatic N) is 1. The van der Waals surface area contributed by atoms with Gasteiger partial charge in [-0.25, -0.2) is 9.38 Å². The Morgan fingerprint density at radius 2 is 2.00 bits per heavy atom. The van der Waals surface area contributed by atoms with Crippen molar-refractivity contribution >= 4 is 5.96 Å². The van der Waals surface area contributed by atoms with Crippen LogP contribution in [0.2, 0.25) is 0 Å². The van der Waals surface area contributed by atoms with Gasteiger partial charge in [0.25, 0.3) is 0 Å². The highest BCUT2D eigenvalue weighted by Crippen LogP contribution is 2.33. The number of hydrogen-bond donors (Lipinski definition) is 2. The smallest absolute Gasteiger partial charge is 0.191 e. The van der Waals surface area contributed by atoms with E-state index in [9.17, 15) is 4.39 Å². The first-order valence-electron chi connectivity index (χ1n) is 10.1. The fourth-order valence-electron chi connectivity index (χ4n) is 3.55. The molecule has 2 aromatic rings. The minimum Gasteiger partial charge on any atom is -0.373 e. The molecular formula is C23H30FN3O. The van der Waals surface area contributed by atoms with Crippen LogP contribution in [-0.4, -0.2) is 25.7 Å². The number of hydrogen-bond acceptors (Lipinski definition) is 2. The number of halogens is 1. The van der Waals surface area contributed by atoms with E-state index >= 15 is 0 Å². The Morgan fingerprint density at radius 3 is 2.75 bits per heavy atom. The second-order valence-corrected chi connectivity index (χ2v) is 7.31. The Morgan fingerprint density at radius 1 is 1.18 bits per heavy atom.